The van der Waals surface area contributed by atoms with E-state index in [9.17, 15) is 43.3 Å². The van der Waals surface area contributed by atoms with Crippen molar-refractivity contribution in [3.05, 3.63) is 97.6 Å². The number of fused-ring (bicyclic) bond motifs is 2. The second-order valence-corrected chi connectivity index (χ2v) is 7.66. The lowest BCUT2D eigenvalue weighted by molar-refractivity contribution is 0.0684. The Morgan fingerprint density at radius 1 is 0.829 bits per heavy atom. The van der Waals surface area contributed by atoms with Gasteiger partial charge in [-0.2, -0.15) is 0 Å². The fourth-order valence-corrected chi connectivity index (χ4v) is 3.79. The quantitative estimate of drug-likeness (QED) is 0.384. The van der Waals surface area contributed by atoms with E-state index in [0.29, 0.717) is 0 Å². The molecule has 0 radical (unpaired) electrons. The summed E-state index contributed by atoms with van der Waals surface area (Å²) < 4.78 is 30.1. The van der Waals surface area contributed by atoms with E-state index in [0.717, 1.165) is 36.7 Å². The molecule has 0 atom stereocenters. The lowest BCUT2D eigenvalue weighted by Crippen LogP contribution is -2.20. The Hall–Kier alpha value is -4.64. The number of carboxylic acids is 2. The monoisotopic (exact) mass is 482 g/mol. The molecule has 178 valence electrons. The lowest BCUT2D eigenvalue weighted by atomic mass is 10.1. The molecule has 0 aliphatic carbocycles. The summed E-state index contributed by atoms with van der Waals surface area (Å²) in [6.07, 6.45) is 3.37. The number of rotatable bonds is 6. The third-order valence-electron chi connectivity index (χ3n) is 5.40. The maximum absolute atomic E-state index is 13.8. The SMILES string of the molecule is O=C(O)c1cn(/C=C(/CO)Cn2cc(C(=O)O)c(=O)c3cc(F)ccc32)c2ccc(F)cc2c1=O. The van der Waals surface area contributed by atoms with Crippen LogP contribution < -0.4 is 10.9 Å². The molecule has 0 aliphatic rings. The van der Waals surface area contributed by atoms with Crippen LogP contribution in [-0.2, 0) is 6.54 Å². The number of benzene rings is 2. The molecule has 0 fully saturated rings. The predicted octanol–water partition coefficient (Wildman–Crippen LogP) is 2.52. The summed E-state index contributed by atoms with van der Waals surface area (Å²) in [6, 6.07) is 6.52. The first-order valence-corrected chi connectivity index (χ1v) is 10.0. The number of pyridine rings is 2. The normalized spacial score (nSPS) is 11.8. The summed E-state index contributed by atoms with van der Waals surface area (Å²) in [5.74, 6) is -4.55. The molecule has 0 unspecified atom stereocenters. The molecular weight excluding hydrogens is 466 g/mol. The van der Waals surface area contributed by atoms with Crippen LogP contribution >= 0.6 is 0 Å². The third kappa shape index (κ3) is 4.32. The number of carboxylic acid groups (broad SMARTS) is 2. The average molecular weight is 482 g/mol. The van der Waals surface area contributed by atoms with Crippen LogP contribution in [0.5, 0.6) is 0 Å². The largest absolute Gasteiger partial charge is 0.477 e. The molecule has 4 rings (SSSR count). The fourth-order valence-electron chi connectivity index (χ4n) is 3.79. The van der Waals surface area contributed by atoms with Crippen molar-refractivity contribution in [2.24, 2.45) is 0 Å². The van der Waals surface area contributed by atoms with E-state index in [1.807, 2.05) is 0 Å². The molecule has 2 heterocycles. The van der Waals surface area contributed by atoms with Gasteiger partial charge in [-0.05, 0) is 42.0 Å². The molecule has 3 N–H and O–H groups in total. The second kappa shape index (κ2) is 8.95. The van der Waals surface area contributed by atoms with Crippen molar-refractivity contribution in [3.8, 4) is 0 Å². The van der Waals surface area contributed by atoms with Crippen molar-refractivity contribution < 1.29 is 33.7 Å². The van der Waals surface area contributed by atoms with Gasteiger partial charge in [0, 0.05) is 35.9 Å². The molecular formula is C24H16F2N2O7. The van der Waals surface area contributed by atoms with Gasteiger partial charge >= 0.3 is 11.9 Å². The van der Waals surface area contributed by atoms with Crippen LogP contribution in [-0.4, -0.2) is 43.0 Å². The molecule has 0 aliphatic heterocycles. The van der Waals surface area contributed by atoms with Gasteiger partial charge in [-0.1, -0.05) is 0 Å². The molecule has 0 bridgehead atoms. The minimum atomic E-state index is -1.53. The van der Waals surface area contributed by atoms with Crippen molar-refractivity contribution in [3.63, 3.8) is 0 Å². The maximum Gasteiger partial charge on any atom is 0.341 e. The summed E-state index contributed by atoms with van der Waals surface area (Å²) in [4.78, 5) is 48.1. The van der Waals surface area contributed by atoms with Crippen LogP contribution in [0.1, 0.15) is 20.7 Å². The number of aromatic nitrogens is 2. The topological polar surface area (TPSA) is 139 Å². The van der Waals surface area contributed by atoms with Crippen LogP contribution in [0, 0.1) is 11.6 Å². The van der Waals surface area contributed by atoms with Gasteiger partial charge in [0.15, 0.2) is 0 Å². The van der Waals surface area contributed by atoms with Gasteiger partial charge in [-0.15, -0.1) is 0 Å². The fraction of sp³-hybridized carbons (Fsp3) is 0.0833. The van der Waals surface area contributed by atoms with Crippen LogP contribution in [0.3, 0.4) is 0 Å². The molecule has 0 spiro atoms. The summed E-state index contributed by atoms with van der Waals surface area (Å²) in [5, 5.41) is 28.4. The summed E-state index contributed by atoms with van der Waals surface area (Å²) >= 11 is 0. The van der Waals surface area contributed by atoms with Gasteiger partial charge in [0.1, 0.15) is 22.8 Å². The Bertz CT molecular complexity index is 1690. The highest BCUT2D eigenvalue weighted by Crippen LogP contribution is 2.19. The Kier molecular flexibility index (Phi) is 6.01. The van der Waals surface area contributed by atoms with Gasteiger partial charge in [0.05, 0.1) is 17.6 Å². The van der Waals surface area contributed by atoms with Gasteiger partial charge in [-0.3, -0.25) is 9.59 Å². The smallest absolute Gasteiger partial charge is 0.341 e. The Morgan fingerprint density at radius 3 is 1.89 bits per heavy atom. The predicted molar refractivity (Wildman–Crippen MR) is 122 cm³/mol. The minimum Gasteiger partial charge on any atom is -0.477 e. The van der Waals surface area contributed by atoms with Gasteiger partial charge in [0.25, 0.3) is 0 Å². The van der Waals surface area contributed by atoms with E-state index < -0.39 is 52.2 Å². The Labute approximate surface area is 194 Å². The molecule has 2 aromatic carbocycles. The van der Waals surface area contributed by atoms with Crippen molar-refractivity contribution in [1.82, 2.24) is 9.13 Å². The summed E-state index contributed by atoms with van der Waals surface area (Å²) in [5.41, 5.74) is -2.46. The van der Waals surface area contributed by atoms with E-state index in [1.54, 1.807) is 0 Å². The number of hydrogen-bond acceptors (Lipinski definition) is 5. The van der Waals surface area contributed by atoms with E-state index in [-0.39, 0.29) is 33.9 Å². The molecule has 11 heteroatoms. The number of halogens is 2. The molecule has 0 amide bonds. The number of nitrogens with zero attached hydrogens (tertiary/aromatic N) is 2. The zero-order valence-corrected chi connectivity index (χ0v) is 17.7. The zero-order valence-electron chi connectivity index (χ0n) is 17.7. The maximum atomic E-state index is 13.8. The highest BCUT2D eigenvalue weighted by Gasteiger charge is 2.17. The molecule has 0 saturated heterocycles. The van der Waals surface area contributed by atoms with Gasteiger partial charge in [0.2, 0.25) is 10.9 Å². The molecule has 0 saturated carbocycles. The number of carbonyl (C=O) groups is 2. The van der Waals surface area contributed by atoms with Crippen LogP contribution in [0.15, 0.2) is 64.0 Å². The zero-order chi connectivity index (χ0) is 25.4. The summed E-state index contributed by atoms with van der Waals surface area (Å²) in [6.45, 7) is -0.773. The first kappa shape index (κ1) is 23.5. The van der Waals surface area contributed by atoms with Crippen molar-refractivity contribution in [2.75, 3.05) is 6.61 Å². The highest BCUT2D eigenvalue weighted by atomic mass is 19.1. The van der Waals surface area contributed by atoms with Crippen LogP contribution in [0.4, 0.5) is 8.78 Å². The van der Waals surface area contributed by atoms with Crippen molar-refractivity contribution in [2.45, 2.75) is 6.54 Å². The van der Waals surface area contributed by atoms with Crippen molar-refractivity contribution in [1.29, 1.82) is 0 Å². The molecule has 35 heavy (non-hydrogen) atoms. The van der Waals surface area contributed by atoms with E-state index >= 15 is 0 Å². The number of aliphatic hydroxyl groups excluding tert-OH is 1. The van der Waals surface area contributed by atoms with E-state index in [2.05, 4.69) is 0 Å². The van der Waals surface area contributed by atoms with Gasteiger partial charge in [-0.25, -0.2) is 18.4 Å². The first-order valence-electron chi connectivity index (χ1n) is 10.0. The third-order valence-corrected chi connectivity index (χ3v) is 5.40. The average Bonchev–Trinajstić information content (AvgIpc) is 2.81. The van der Waals surface area contributed by atoms with Crippen LogP contribution in [0.2, 0.25) is 0 Å². The lowest BCUT2D eigenvalue weighted by Gasteiger charge is -2.15. The molecule has 9 nitrogen and oxygen atoms in total. The molecule has 2 aromatic heterocycles. The number of hydrogen-bond donors (Lipinski definition) is 3. The number of aliphatic hydroxyl groups is 1. The second-order valence-electron chi connectivity index (χ2n) is 7.66. The van der Waals surface area contributed by atoms with Gasteiger partial charge < -0.3 is 24.5 Å². The Morgan fingerprint density at radius 2 is 1.34 bits per heavy atom. The number of aromatic carboxylic acids is 2. The standard InChI is InChI=1S/C24H16F2N2O7/c25-13-1-3-19-15(5-13)21(30)17(23(32)33)9-27(19)7-12(11-29)8-28-10-18(24(34)35)22(31)16-6-14(26)2-4-20(16)28/h1-7,9-10,29H,8,11H2,(H,32,33)(H,34,35)/b12-7+. The summed E-state index contributed by atoms with van der Waals surface area (Å²) in [7, 11) is 0. The molecule has 4 aromatic rings. The van der Waals surface area contributed by atoms with E-state index in [4.69, 9.17) is 0 Å². The first-order chi connectivity index (χ1) is 16.6. The van der Waals surface area contributed by atoms with Crippen LogP contribution in [0.25, 0.3) is 28.0 Å². The highest BCUT2D eigenvalue weighted by molar-refractivity contribution is 5.94. The minimum absolute atomic E-state index is 0.158. The Balaban J connectivity index is 1.93. The van der Waals surface area contributed by atoms with Crippen molar-refractivity contribution >= 4 is 39.9 Å². The van der Waals surface area contributed by atoms with E-state index in [1.165, 1.54) is 27.5 Å².